The van der Waals surface area contributed by atoms with Gasteiger partial charge in [-0.25, -0.2) is 0 Å². The summed E-state index contributed by atoms with van der Waals surface area (Å²) in [4.78, 5) is 0. The van der Waals surface area contributed by atoms with Crippen molar-refractivity contribution < 1.29 is 0 Å². The molecule has 0 radical (unpaired) electrons. The Balaban J connectivity index is 1.90. The normalized spacial score (nSPS) is 19.1. The lowest BCUT2D eigenvalue weighted by Crippen LogP contribution is -2.21. The van der Waals surface area contributed by atoms with Crippen LogP contribution in [0.2, 0.25) is 0 Å². The Hall–Kier alpha value is 0.740. The SMILES string of the molecule is CSc1nnc(SCC2(CBr)CCCC2)s1. The fraction of sp³-hybridized carbons (Fsp3) is 0.800. The third-order valence-corrected chi connectivity index (χ3v) is 7.58. The Morgan fingerprint density at radius 2 is 2.00 bits per heavy atom. The van der Waals surface area contributed by atoms with Gasteiger partial charge in [-0.05, 0) is 24.5 Å². The first-order valence-corrected chi connectivity index (χ1v) is 9.49. The molecular weight excluding hydrogens is 324 g/mol. The molecule has 1 heterocycles. The van der Waals surface area contributed by atoms with Crippen molar-refractivity contribution in [3.63, 3.8) is 0 Å². The molecule has 0 N–H and O–H groups in total. The van der Waals surface area contributed by atoms with Crippen molar-refractivity contribution in [2.45, 2.75) is 34.4 Å². The molecule has 0 aliphatic heterocycles. The number of hydrogen-bond donors (Lipinski definition) is 0. The monoisotopic (exact) mass is 338 g/mol. The molecule has 1 fully saturated rings. The number of aromatic nitrogens is 2. The van der Waals surface area contributed by atoms with Crippen molar-refractivity contribution >= 4 is 50.8 Å². The van der Waals surface area contributed by atoms with Gasteiger partial charge in [-0.15, -0.1) is 10.2 Å². The maximum atomic E-state index is 4.21. The van der Waals surface area contributed by atoms with E-state index in [1.807, 2.05) is 18.0 Å². The number of alkyl halides is 1. The van der Waals surface area contributed by atoms with E-state index in [2.05, 4.69) is 26.1 Å². The number of hydrogen-bond acceptors (Lipinski definition) is 5. The largest absolute Gasteiger partial charge is 0.175 e. The quantitative estimate of drug-likeness (QED) is 0.590. The lowest BCUT2D eigenvalue weighted by molar-refractivity contribution is 0.405. The molecule has 0 unspecified atom stereocenters. The summed E-state index contributed by atoms with van der Waals surface area (Å²) in [5, 5.41) is 9.46. The van der Waals surface area contributed by atoms with E-state index in [9.17, 15) is 0 Å². The Morgan fingerprint density at radius 3 is 2.56 bits per heavy atom. The standard InChI is InChI=1S/C10H15BrN2S3/c1-14-8-12-13-9(16-8)15-7-10(6-11)4-2-3-5-10/h2-7H2,1H3. The summed E-state index contributed by atoms with van der Waals surface area (Å²) in [6.45, 7) is 0. The van der Waals surface area contributed by atoms with Gasteiger partial charge in [0.25, 0.3) is 0 Å². The number of thioether (sulfide) groups is 2. The van der Waals surface area contributed by atoms with Gasteiger partial charge >= 0.3 is 0 Å². The van der Waals surface area contributed by atoms with Gasteiger partial charge in [-0.1, -0.05) is 63.6 Å². The van der Waals surface area contributed by atoms with E-state index >= 15 is 0 Å². The van der Waals surface area contributed by atoms with Crippen LogP contribution in [0.1, 0.15) is 25.7 Å². The maximum absolute atomic E-state index is 4.21. The molecular formula is C10H15BrN2S3. The molecule has 1 aliphatic rings. The van der Waals surface area contributed by atoms with E-state index in [0.717, 1.165) is 14.0 Å². The van der Waals surface area contributed by atoms with Crippen LogP contribution in [-0.4, -0.2) is 27.5 Å². The van der Waals surface area contributed by atoms with Gasteiger partial charge in [-0.2, -0.15) is 0 Å². The molecule has 0 aromatic carbocycles. The molecule has 0 atom stereocenters. The first-order valence-electron chi connectivity index (χ1n) is 5.34. The van der Waals surface area contributed by atoms with Crippen LogP contribution in [0.15, 0.2) is 8.68 Å². The Labute approximate surface area is 118 Å². The number of nitrogens with zero attached hydrogens (tertiary/aromatic N) is 2. The van der Waals surface area contributed by atoms with Crippen LogP contribution in [-0.2, 0) is 0 Å². The molecule has 1 aliphatic carbocycles. The van der Waals surface area contributed by atoms with E-state index in [4.69, 9.17) is 0 Å². The Morgan fingerprint density at radius 1 is 1.31 bits per heavy atom. The molecule has 1 saturated carbocycles. The second-order valence-corrected chi connectivity index (χ2v) is 7.98. The summed E-state index contributed by atoms with van der Waals surface area (Å²) in [6, 6.07) is 0. The third-order valence-electron chi connectivity index (χ3n) is 3.01. The van der Waals surface area contributed by atoms with Crippen LogP contribution < -0.4 is 0 Å². The minimum absolute atomic E-state index is 0.510. The summed E-state index contributed by atoms with van der Waals surface area (Å²) < 4.78 is 2.19. The molecule has 0 bridgehead atoms. The van der Waals surface area contributed by atoms with Gasteiger partial charge < -0.3 is 0 Å². The zero-order chi connectivity index (χ0) is 11.4. The lowest BCUT2D eigenvalue weighted by Gasteiger charge is -2.25. The van der Waals surface area contributed by atoms with E-state index in [1.165, 1.54) is 31.4 Å². The minimum atomic E-state index is 0.510. The van der Waals surface area contributed by atoms with E-state index in [-0.39, 0.29) is 0 Å². The molecule has 0 saturated heterocycles. The van der Waals surface area contributed by atoms with Gasteiger partial charge in [0.15, 0.2) is 8.68 Å². The third kappa shape index (κ3) is 3.15. The first-order chi connectivity index (χ1) is 7.78. The number of rotatable bonds is 5. The van der Waals surface area contributed by atoms with Crippen LogP contribution in [0.25, 0.3) is 0 Å². The summed E-state index contributed by atoms with van der Waals surface area (Å²) in [5.74, 6) is 1.18. The highest BCUT2D eigenvalue weighted by Gasteiger charge is 2.33. The average molecular weight is 339 g/mol. The zero-order valence-corrected chi connectivity index (χ0v) is 13.3. The van der Waals surface area contributed by atoms with E-state index in [0.29, 0.717) is 5.41 Å². The summed E-state index contributed by atoms with van der Waals surface area (Å²) >= 11 is 8.94. The summed E-state index contributed by atoms with van der Waals surface area (Å²) in [7, 11) is 0. The molecule has 16 heavy (non-hydrogen) atoms. The molecule has 1 aromatic rings. The van der Waals surface area contributed by atoms with Gasteiger partial charge in [0.05, 0.1) is 0 Å². The second-order valence-electron chi connectivity index (χ2n) is 4.17. The predicted octanol–water partition coefficient (Wildman–Crippen LogP) is 4.31. The van der Waals surface area contributed by atoms with Crippen LogP contribution in [0.5, 0.6) is 0 Å². The Bertz CT molecular complexity index is 337. The molecule has 2 nitrogen and oxygen atoms in total. The van der Waals surface area contributed by atoms with Crippen molar-refractivity contribution in [3.8, 4) is 0 Å². The lowest BCUT2D eigenvalue weighted by atomic mass is 9.92. The fourth-order valence-corrected chi connectivity index (χ4v) is 5.75. The van der Waals surface area contributed by atoms with Gasteiger partial charge in [0.1, 0.15) is 0 Å². The van der Waals surface area contributed by atoms with E-state index in [1.54, 1.807) is 23.1 Å². The van der Waals surface area contributed by atoms with Gasteiger partial charge in [0, 0.05) is 11.1 Å². The topological polar surface area (TPSA) is 25.8 Å². The van der Waals surface area contributed by atoms with Crippen molar-refractivity contribution in [2.24, 2.45) is 5.41 Å². The van der Waals surface area contributed by atoms with Gasteiger partial charge in [0.2, 0.25) is 0 Å². The average Bonchev–Trinajstić information content (AvgIpc) is 2.96. The van der Waals surface area contributed by atoms with Crippen molar-refractivity contribution in [3.05, 3.63) is 0 Å². The van der Waals surface area contributed by atoms with E-state index < -0.39 is 0 Å². The Kier molecular flexibility index (Phi) is 5.00. The molecule has 0 spiro atoms. The molecule has 6 heteroatoms. The second kappa shape index (κ2) is 6.07. The van der Waals surface area contributed by atoms with Gasteiger partial charge in [-0.3, -0.25) is 0 Å². The number of halogens is 1. The van der Waals surface area contributed by atoms with Crippen LogP contribution in [0.4, 0.5) is 0 Å². The van der Waals surface area contributed by atoms with Crippen molar-refractivity contribution in [1.29, 1.82) is 0 Å². The molecule has 0 amide bonds. The van der Waals surface area contributed by atoms with Crippen LogP contribution in [0.3, 0.4) is 0 Å². The predicted molar refractivity (Wildman–Crippen MR) is 77.1 cm³/mol. The fourth-order valence-electron chi connectivity index (χ4n) is 1.99. The summed E-state index contributed by atoms with van der Waals surface area (Å²) in [5.41, 5.74) is 0.510. The zero-order valence-electron chi connectivity index (χ0n) is 9.24. The minimum Gasteiger partial charge on any atom is -0.131 e. The summed E-state index contributed by atoms with van der Waals surface area (Å²) in [6.07, 6.45) is 7.54. The molecule has 2 rings (SSSR count). The maximum Gasteiger partial charge on any atom is 0.175 e. The molecule has 90 valence electrons. The molecule has 1 aromatic heterocycles. The van der Waals surface area contributed by atoms with Crippen LogP contribution >= 0.6 is 50.8 Å². The van der Waals surface area contributed by atoms with Crippen LogP contribution in [0, 0.1) is 5.41 Å². The smallest absolute Gasteiger partial charge is 0.131 e. The highest BCUT2D eigenvalue weighted by atomic mass is 79.9. The highest BCUT2D eigenvalue weighted by molar-refractivity contribution is 9.09. The van der Waals surface area contributed by atoms with Crippen molar-refractivity contribution in [1.82, 2.24) is 10.2 Å². The highest BCUT2D eigenvalue weighted by Crippen LogP contribution is 2.44. The first kappa shape index (κ1) is 13.2. The van der Waals surface area contributed by atoms with Crippen molar-refractivity contribution in [2.75, 3.05) is 17.3 Å².